The minimum absolute atomic E-state index is 0.492. The Hall–Kier alpha value is -0.0400. The molecule has 3 aliphatic carbocycles. The lowest BCUT2D eigenvalue weighted by Gasteiger charge is -2.61. The van der Waals surface area contributed by atoms with E-state index in [2.05, 4.69) is 20.8 Å². The highest BCUT2D eigenvalue weighted by molar-refractivity contribution is 5.06. The van der Waals surface area contributed by atoms with Gasteiger partial charge in [0, 0.05) is 6.04 Å². The molecule has 0 heterocycles. The van der Waals surface area contributed by atoms with Gasteiger partial charge in [-0.3, -0.25) is 0 Å². The van der Waals surface area contributed by atoms with Gasteiger partial charge in [-0.15, -0.1) is 0 Å². The lowest BCUT2D eigenvalue weighted by Crippen LogP contribution is -2.58. The molecule has 0 saturated heterocycles. The van der Waals surface area contributed by atoms with Crippen LogP contribution in [0.1, 0.15) is 33.6 Å². The SMILES string of the molecule is C[C@H]1C(N)C[C@H]2C[C@@H]1C2(C)C. The van der Waals surface area contributed by atoms with Crippen molar-refractivity contribution in [2.24, 2.45) is 28.9 Å². The van der Waals surface area contributed by atoms with E-state index in [1.54, 1.807) is 0 Å². The maximum atomic E-state index is 6.02. The molecule has 0 amide bonds. The zero-order chi connectivity index (χ0) is 8.22. The van der Waals surface area contributed by atoms with Crippen LogP contribution in [0, 0.1) is 23.2 Å². The standard InChI is InChI=1S/C10H19N/c1-6-8-4-7(5-9(6)11)10(8,2)3/h6-9H,4-5,11H2,1-3H3/t6-,7-,8+,9?/m1/s1. The first kappa shape index (κ1) is 7.60. The van der Waals surface area contributed by atoms with Crippen molar-refractivity contribution >= 4 is 0 Å². The first-order valence-electron chi connectivity index (χ1n) is 4.79. The van der Waals surface area contributed by atoms with Crippen molar-refractivity contribution in [3.63, 3.8) is 0 Å². The quantitative estimate of drug-likeness (QED) is 0.566. The lowest BCUT2D eigenvalue weighted by atomic mass is 9.45. The van der Waals surface area contributed by atoms with Crippen LogP contribution in [0.3, 0.4) is 0 Å². The van der Waals surface area contributed by atoms with Gasteiger partial charge < -0.3 is 5.73 Å². The van der Waals surface area contributed by atoms with Crippen molar-refractivity contribution in [1.29, 1.82) is 0 Å². The van der Waals surface area contributed by atoms with Gasteiger partial charge in [-0.1, -0.05) is 20.8 Å². The second kappa shape index (κ2) is 2.01. The number of fused-ring (bicyclic) bond motifs is 2. The average molecular weight is 153 g/mol. The smallest absolute Gasteiger partial charge is 0.00702 e. The first-order valence-corrected chi connectivity index (χ1v) is 4.79. The summed E-state index contributed by atoms with van der Waals surface area (Å²) in [5, 5.41) is 0. The van der Waals surface area contributed by atoms with Crippen molar-refractivity contribution in [2.45, 2.75) is 39.7 Å². The molecule has 0 aliphatic heterocycles. The predicted molar refractivity (Wildman–Crippen MR) is 47.1 cm³/mol. The van der Waals surface area contributed by atoms with E-state index in [4.69, 9.17) is 5.73 Å². The van der Waals surface area contributed by atoms with Gasteiger partial charge in [-0.2, -0.15) is 0 Å². The Morgan fingerprint density at radius 3 is 2.27 bits per heavy atom. The van der Waals surface area contributed by atoms with E-state index >= 15 is 0 Å². The number of hydrogen-bond acceptors (Lipinski definition) is 1. The van der Waals surface area contributed by atoms with Crippen LogP contribution in [-0.4, -0.2) is 6.04 Å². The topological polar surface area (TPSA) is 26.0 Å². The molecule has 0 aromatic rings. The number of hydrogen-bond donors (Lipinski definition) is 1. The fourth-order valence-electron chi connectivity index (χ4n) is 3.19. The molecule has 1 heteroatoms. The Morgan fingerprint density at radius 1 is 1.27 bits per heavy atom. The maximum Gasteiger partial charge on any atom is 0.00702 e. The Kier molecular flexibility index (Phi) is 1.39. The Balaban J connectivity index is 2.17. The number of nitrogens with two attached hydrogens (primary N) is 1. The molecular weight excluding hydrogens is 134 g/mol. The summed E-state index contributed by atoms with van der Waals surface area (Å²) in [5.41, 5.74) is 6.63. The summed E-state index contributed by atoms with van der Waals surface area (Å²) in [7, 11) is 0. The van der Waals surface area contributed by atoms with Gasteiger partial charge in [0.05, 0.1) is 0 Å². The summed E-state index contributed by atoms with van der Waals surface area (Å²) >= 11 is 0. The van der Waals surface area contributed by atoms with Gasteiger partial charge in [0.2, 0.25) is 0 Å². The monoisotopic (exact) mass is 153 g/mol. The van der Waals surface area contributed by atoms with E-state index in [9.17, 15) is 0 Å². The minimum Gasteiger partial charge on any atom is -0.327 e. The molecule has 1 unspecified atom stereocenters. The molecule has 64 valence electrons. The largest absolute Gasteiger partial charge is 0.327 e. The molecule has 11 heavy (non-hydrogen) atoms. The molecule has 4 atom stereocenters. The molecule has 3 fully saturated rings. The van der Waals surface area contributed by atoms with Crippen LogP contribution >= 0.6 is 0 Å². The highest BCUT2D eigenvalue weighted by Gasteiger charge is 2.55. The van der Waals surface area contributed by atoms with Gasteiger partial charge in [-0.25, -0.2) is 0 Å². The molecule has 0 spiro atoms. The summed E-state index contributed by atoms with van der Waals surface area (Å²) in [6.45, 7) is 7.15. The molecule has 0 radical (unpaired) electrons. The van der Waals surface area contributed by atoms with Crippen molar-refractivity contribution in [1.82, 2.24) is 0 Å². The van der Waals surface area contributed by atoms with E-state index in [0.717, 1.165) is 17.8 Å². The maximum absolute atomic E-state index is 6.02. The average Bonchev–Trinajstić information content (AvgIpc) is 1.93. The fraction of sp³-hybridized carbons (Fsp3) is 1.00. The first-order chi connectivity index (χ1) is 5.03. The minimum atomic E-state index is 0.492. The Morgan fingerprint density at radius 2 is 1.91 bits per heavy atom. The van der Waals surface area contributed by atoms with Crippen LogP contribution in [0.15, 0.2) is 0 Å². The van der Waals surface area contributed by atoms with Crippen LogP contribution in [0.5, 0.6) is 0 Å². The van der Waals surface area contributed by atoms with Gasteiger partial charge in [0.1, 0.15) is 0 Å². The predicted octanol–water partition coefficient (Wildman–Crippen LogP) is 2.02. The third-order valence-corrected chi connectivity index (χ3v) is 4.41. The fourth-order valence-corrected chi connectivity index (χ4v) is 3.19. The molecule has 0 aromatic carbocycles. The third kappa shape index (κ3) is 0.807. The van der Waals surface area contributed by atoms with E-state index in [1.807, 2.05) is 0 Å². The summed E-state index contributed by atoms with van der Waals surface area (Å²) in [6.07, 6.45) is 2.71. The Labute approximate surface area is 69.4 Å². The lowest BCUT2D eigenvalue weighted by molar-refractivity contribution is -0.108. The van der Waals surface area contributed by atoms with Crippen LogP contribution in [0.4, 0.5) is 0 Å². The molecule has 2 bridgehead atoms. The molecule has 1 nitrogen and oxygen atoms in total. The van der Waals surface area contributed by atoms with Crippen molar-refractivity contribution in [3.8, 4) is 0 Å². The number of rotatable bonds is 0. The van der Waals surface area contributed by atoms with E-state index in [1.165, 1.54) is 12.8 Å². The Bertz CT molecular complexity index is 174. The third-order valence-electron chi connectivity index (χ3n) is 4.41. The van der Waals surface area contributed by atoms with Gasteiger partial charge in [0.25, 0.3) is 0 Å². The van der Waals surface area contributed by atoms with Gasteiger partial charge in [0.15, 0.2) is 0 Å². The molecule has 3 saturated carbocycles. The summed E-state index contributed by atoms with van der Waals surface area (Å²) in [5.74, 6) is 2.60. The molecule has 3 aliphatic rings. The second-order valence-corrected chi connectivity index (χ2v) is 5.12. The molecule has 0 aromatic heterocycles. The zero-order valence-corrected chi connectivity index (χ0v) is 7.80. The highest BCUT2D eigenvalue weighted by atomic mass is 14.7. The van der Waals surface area contributed by atoms with Gasteiger partial charge >= 0.3 is 0 Å². The molecule has 3 rings (SSSR count). The van der Waals surface area contributed by atoms with Crippen LogP contribution in [0.25, 0.3) is 0 Å². The van der Waals surface area contributed by atoms with E-state index in [0.29, 0.717) is 11.5 Å². The zero-order valence-electron chi connectivity index (χ0n) is 7.80. The summed E-state index contributed by atoms with van der Waals surface area (Å²) in [6, 6.07) is 0.492. The van der Waals surface area contributed by atoms with Crippen LogP contribution < -0.4 is 5.73 Å². The van der Waals surface area contributed by atoms with Crippen LogP contribution in [-0.2, 0) is 0 Å². The summed E-state index contributed by atoms with van der Waals surface area (Å²) in [4.78, 5) is 0. The molecule has 2 N–H and O–H groups in total. The van der Waals surface area contributed by atoms with E-state index in [-0.39, 0.29) is 0 Å². The normalized spacial score (nSPS) is 53.5. The van der Waals surface area contributed by atoms with E-state index < -0.39 is 0 Å². The molecular formula is C10H19N. The highest BCUT2D eigenvalue weighted by Crippen LogP contribution is 2.60. The van der Waals surface area contributed by atoms with Gasteiger partial charge in [-0.05, 0) is 36.0 Å². The second-order valence-electron chi connectivity index (χ2n) is 5.12. The van der Waals surface area contributed by atoms with Crippen LogP contribution in [0.2, 0.25) is 0 Å². The van der Waals surface area contributed by atoms with Crippen molar-refractivity contribution in [3.05, 3.63) is 0 Å². The summed E-state index contributed by atoms with van der Waals surface area (Å²) < 4.78 is 0. The van der Waals surface area contributed by atoms with Crippen molar-refractivity contribution in [2.75, 3.05) is 0 Å². The van der Waals surface area contributed by atoms with Crippen molar-refractivity contribution < 1.29 is 0 Å².